The average Bonchev–Trinajstić information content (AvgIpc) is 2.29. The minimum atomic E-state index is 0.131. The van der Waals surface area contributed by atoms with Crippen molar-refractivity contribution < 1.29 is 9.47 Å². The number of hydrogen-bond donors (Lipinski definition) is 0. The molecule has 0 aromatic heterocycles. The molecule has 1 aromatic rings. The second-order valence-corrected chi connectivity index (χ2v) is 4.92. The van der Waals surface area contributed by atoms with Crippen molar-refractivity contribution in [3.8, 4) is 11.5 Å². The lowest BCUT2D eigenvalue weighted by molar-refractivity contribution is 0.288. The first-order valence-corrected chi connectivity index (χ1v) is 6.54. The number of rotatable bonds is 7. The Kier molecular flexibility index (Phi) is 6.20. The standard InChI is InChI=1S/C14H21ClO2/c1-4-5-8-17-14-10-12(9-11(2)15)6-7-13(14)16-3/h6-7,10-11H,4-5,8-9H2,1-3H3. The third kappa shape index (κ3) is 4.86. The summed E-state index contributed by atoms with van der Waals surface area (Å²) in [5, 5.41) is 0.131. The summed E-state index contributed by atoms with van der Waals surface area (Å²) >= 11 is 5.99. The summed E-state index contributed by atoms with van der Waals surface area (Å²) in [5.74, 6) is 1.60. The second kappa shape index (κ2) is 7.44. The second-order valence-electron chi connectivity index (χ2n) is 4.17. The summed E-state index contributed by atoms with van der Waals surface area (Å²) < 4.78 is 11.0. The van der Waals surface area contributed by atoms with Crippen LogP contribution in [0.3, 0.4) is 0 Å². The number of unbranched alkanes of at least 4 members (excludes halogenated alkanes) is 1. The molecule has 0 aliphatic heterocycles. The van der Waals surface area contributed by atoms with Gasteiger partial charge < -0.3 is 9.47 Å². The molecule has 1 aromatic carbocycles. The van der Waals surface area contributed by atoms with E-state index >= 15 is 0 Å². The fourth-order valence-corrected chi connectivity index (χ4v) is 1.79. The molecule has 0 amide bonds. The highest BCUT2D eigenvalue weighted by atomic mass is 35.5. The normalized spacial score (nSPS) is 12.2. The van der Waals surface area contributed by atoms with E-state index in [1.54, 1.807) is 7.11 Å². The van der Waals surface area contributed by atoms with Crippen LogP contribution in [0, 0.1) is 0 Å². The van der Waals surface area contributed by atoms with E-state index < -0.39 is 0 Å². The Morgan fingerprint density at radius 3 is 2.65 bits per heavy atom. The van der Waals surface area contributed by atoms with Gasteiger partial charge in [-0.2, -0.15) is 0 Å². The number of alkyl halides is 1. The lowest BCUT2D eigenvalue weighted by Crippen LogP contribution is -2.01. The van der Waals surface area contributed by atoms with Crippen LogP contribution in [-0.2, 0) is 6.42 Å². The molecule has 3 heteroatoms. The molecule has 0 fully saturated rings. The SMILES string of the molecule is CCCCOc1cc(CC(C)Cl)ccc1OC. The molecule has 17 heavy (non-hydrogen) atoms. The van der Waals surface area contributed by atoms with Crippen molar-refractivity contribution in [1.82, 2.24) is 0 Å². The predicted octanol–water partition coefficient (Wildman–Crippen LogP) is 4.04. The molecule has 1 atom stereocenters. The van der Waals surface area contributed by atoms with Gasteiger partial charge >= 0.3 is 0 Å². The maximum absolute atomic E-state index is 5.99. The molecule has 96 valence electrons. The van der Waals surface area contributed by atoms with Gasteiger partial charge in [0.1, 0.15) is 0 Å². The Balaban J connectivity index is 2.75. The largest absolute Gasteiger partial charge is 0.493 e. The van der Waals surface area contributed by atoms with E-state index in [9.17, 15) is 0 Å². The Hall–Kier alpha value is -0.890. The van der Waals surface area contributed by atoms with Crippen LogP contribution in [-0.4, -0.2) is 19.1 Å². The Labute approximate surface area is 109 Å². The molecule has 0 radical (unpaired) electrons. The molecule has 0 aliphatic carbocycles. The molecular formula is C14H21ClO2. The third-order valence-corrected chi connectivity index (χ3v) is 2.65. The van der Waals surface area contributed by atoms with Gasteiger partial charge in [0.05, 0.1) is 13.7 Å². The van der Waals surface area contributed by atoms with Crippen LogP contribution in [0.15, 0.2) is 18.2 Å². The molecule has 0 saturated carbocycles. The minimum absolute atomic E-state index is 0.131. The zero-order valence-electron chi connectivity index (χ0n) is 10.8. The van der Waals surface area contributed by atoms with E-state index in [0.29, 0.717) is 0 Å². The smallest absolute Gasteiger partial charge is 0.161 e. The molecule has 0 bridgehead atoms. The quantitative estimate of drug-likeness (QED) is 0.541. The van der Waals surface area contributed by atoms with E-state index in [1.165, 1.54) is 5.56 Å². The first-order valence-electron chi connectivity index (χ1n) is 6.11. The van der Waals surface area contributed by atoms with Gasteiger partial charge in [-0.25, -0.2) is 0 Å². The van der Waals surface area contributed by atoms with Crippen molar-refractivity contribution in [3.63, 3.8) is 0 Å². The van der Waals surface area contributed by atoms with Gasteiger partial charge in [-0.1, -0.05) is 19.4 Å². The number of methoxy groups -OCH3 is 1. The van der Waals surface area contributed by atoms with Gasteiger partial charge in [0.15, 0.2) is 11.5 Å². The minimum Gasteiger partial charge on any atom is -0.493 e. The fraction of sp³-hybridized carbons (Fsp3) is 0.571. The zero-order valence-corrected chi connectivity index (χ0v) is 11.6. The van der Waals surface area contributed by atoms with Crippen LogP contribution in [0.25, 0.3) is 0 Å². The van der Waals surface area contributed by atoms with Crippen LogP contribution in [0.2, 0.25) is 0 Å². The highest BCUT2D eigenvalue weighted by molar-refractivity contribution is 6.20. The van der Waals surface area contributed by atoms with Crippen LogP contribution in [0.4, 0.5) is 0 Å². The first kappa shape index (κ1) is 14.2. The number of hydrogen-bond acceptors (Lipinski definition) is 2. The van der Waals surface area contributed by atoms with Crippen LogP contribution in [0.1, 0.15) is 32.3 Å². The van der Waals surface area contributed by atoms with E-state index in [-0.39, 0.29) is 5.38 Å². The number of ether oxygens (including phenoxy) is 2. The van der Waals surface area contributed by atoms with Crippen molar-refractivity contribution >= 4 is 11.6 Å². The van der Waals surface area contributed by atoms with Crippen LogP contribution < -0.4 is 9.47 Å². The summed E-state index contributed by atoms with van der Waals surface area (Å²) in [6.45, 7) is 4.86. The number of benzene rings is 1. The summed E-state index contributed by atoms with van der Waals surface area (Å²) in [5.41, 5.74) is 1.18. The van der Waals surface area contributed by atoms with Gasteiger partial charge in [0, 0.05) is 5.38 Å². The molecule has 1 rings (SSSR count). The van der Waals surface area contributed by atoms with E-state index in [4.69, 9.17) is 21.1 Å². The molecule has 0 N–H and O–H groups in total. The van der Waals surface area contributed by atoms with Gasteiger partial charge in [0.2, 0.25) is 0 Å². The van der Waals surface area contributed by atoms with E-state index in [2.05, 4.69) is 6.92 Å². The molecular weight excluding hydrogens is 236 g/mol. The van der Waals surface area contributed by atoms with Gasteiger partial charge in [-0.3, -0.25) is 0 Å². The first-order chi connectivity index (χ1) is 8.17. The van der Waals surface area contributed by atoms with Crippen molar-refractivity contribution in [2.24, 2.45) is 0 Å². The highest BCUT2D eigenvalue weighted by Crippen LogP contribution is 2.29. The van der Waals surface area contributed by atoms with Gasteiger partial charge in [-0.15, -0.1) is 11.6 Å². The van der Waals surface area contributed by atoms with Gasteiger partial charge in [0.25, 0.3) is 0 Å². The average molecular weight is 257 g/mol. The summed E-state index contributed by atoms with van der Waals surface area (Å²) in [4.78, 5) is 0. The number of halogens is 1. The molecule has 0 aliphatic rings. The monoisotopic (exact) mass is 256 g/mol. The predicted molar refractivity (Wildman–Crippen MR) is 72.4 cm³/mol. The van der Waals surface area contributed by atoms with Gasteiger partial charge in [-0.05, 0) is 37.5 Å². The molecule has 0 heterocycles. The summed E-state index contributed by atoms with van der Waals surface area (Å²) in [7, 11) is 1.66. The van der Waals surface area contributed by atoms with E-state index in [0.717, 1.165) is 37.4 Å². The van der Waals surface area contributed by atoms with Crippen molar-refractivity contribution in [1.29, 1.82) is 0 Å². The maximum Gasteiger partial charge on any atom is 0.161 e. The van der Waals surface area contributed by atoms with Crippen molar-refractivity contribution in [3.05, 3.63) is 23.8 Å². The molecule has 1 unspecified atom stereocenters. The molecule has 0 saturated heterocycles. The maximum atomic E-state index is 5.99. The Bertz CT molecular complexity index is 337. The molecule has 0 spiro atoms. The lowest BCUT2D eigenvalue weighted by atomic mass is 10.1. The van der Waals surface area contributed by atoms with Crippen molar-refractivity contribution in [2.75, 3.05) is 13.7 Å². The van der Waals surface area contributed by atoms with E-state index in [1.807, 2.05) is 25.1 Å². The summed E-state index contributed by atoms with van der Waals surface area (Å²) in [6, 6.07) is 5.99. The van der Waals surface area contributed by atoms with Crippen LogP contribution >= 0.6 is 11.6 Å². The third-order valence-electron chi connectivity index (χ3n) is 2.50. The van der Waals surface area contributed by atoms with Crippen molar-refractivity contribution in [2.45, 2.75) is 38.5 Å². The highest BCUT2D eigenvalue weighted by Gasteiger charge is 2.07. The summed E-state index contributed by atoms with van der Waals surface area (Å²) in [6.07, 6.45) is 3.02. The zero-order chi connectivity index (χ0) is 12.7. The Morgan fingerprint density at radius 2 is 2.06 bits per heavy atom. The topological polar surface area (TPSA) is 18.5 Å². The lowest BCUT2D eigenvalue weighted by Gasteiger charge is -2.12. The van der Waals surface area contributed by atoms with Crippen LogP contribution in [0.5, 0.6) is 11.5 Å². The Morgan fingerprint density at radius 1 is 1.29 bits per heavy atom. The molecule has 2 nitrogen and oxygen atoms in total. The fourth-order valence-electron chi connectivity index (χ4n) is 1.61.